The first kappa shape index (κ1) is 15.3. The van der Waals surface area contributed by atoms with Crippen LogP contribution in [0.5, 0.6) is 0 Å². The van der Waals surface area contributed by atoms with Crippen molar-refractivity contribution in [3.63, 3.8) is 0 Å². The minimum Gasteiger partial charge on any atom is -0.481 e. The van der Waals surface area contributed by atoms with Gasteiger partial charge in [0.1, 0.15) is 5.82 Å². The fraction of sp³-hybridized carbons (Fsp3) is 0.364. The number of carbonyl (C=O) groups is 1. The van der Waals surface area contributed by atoms with Crippen LogP contribution in [0.15, 0.2) is 16.6 Å². The molecule has 0 heterocycles. The predicted octanol–water partition coefficient (Wildman–Crippen LogP) is 4.59. The summed E-state index contributed by atoms with van der Waals surface area (Å²) in [6.07, 6.45) is -1.37. The van der Waals surface area contributed by atoms with Crippen LogP contribution in [-0.4, -0.2) is 11.1 Å². The van der Waals surface area contributed by atoms with Gasteiger partial charge in [-0.15, -0.1) is 0 Å². The highest BCUT2D eigenvalue weighted by molar-refractivity contribution is 9.10. The maximum atomic E-state index is 13.7. The summed E-state index contributed by atoms with van der Waals surface area (Å²) >= 11 is 8.56. The van der Waals surface area contributed by atoms with E-state index in [-0.39, 0.29) is 22.3 Å². The lowest BCUT2D eigenvalue weighted by Crippen LogP contribution is -2.16. The first-order valence-corrected chi connectivity index (χ1v) is 6.16. The minimum atomic E-state index is -3.44. The van der Waals surface area contributed by atoms with Crippen LogP contribution in [0, 0.1) is 5.82 Å². The van der Waals surface area contributed by atoms with E-state index in [0.717, 1.165) is 12.1 Å². The van der Waals surface area contributed by atoms with Gasteiger partial charge in [-0.05, 0) is 34.5 Å². The van der Waals surface area contributed by atoms with Crippen LogP contribution in [0.1, 0.15) is 24.8 Å². The van der Waals surface area contributed by atoms with Crippen LogP contribution in [0.4, 0.5) is 13.2 Å². The lowest BCUT2D eigenvalue weighted by atomic mass is 10.0. The van der Waals surface area contributed by atoms with Crippen molar-refractivity contribution in [2.24, 2.45) is 0 Å². The summed E-state index contributed by atoms with van der Waals surface area (Å²) in [6, 6.07) is 1.71. The van der Waals surface area contributed by atoms with Gasteiger partial charge >= 0.3 is 5.97 Å². The number of carboxylic acid groups (broad SMARTS) is 1. The number of rotatable bonds is 5. The average Bonchev–Trinajstić information content (AvgIpc) is 2.22. The highest BCUT2D eigenvalue weighted by atomic mass is 79.9. The highest BCUT2D eigenvalue weighted by Crippen LogP contribution is 2.38. The zero-order valence-corrected chi connectivity index (χ0v) is 11.4. The zero-order valence-electron chi connectivity index (χ0n) is 9.02. The third-order valence-corrected chi connectivity index (χ3v) is 3.48. The largest absolute Gasteiger partial charge is 0.481 e. The normalized spacial score (nSPS) is 11.6. The molecule has 0 atom stereocenters. The summed E-state index contributed by atoms with van der Waals surface area (Å²) in [5.74, 6) is -5.68. The molecule has 0 saturated heterocycles. The summed E-state index contributed by atoms with van der Waals surface area (Å²) in [5.41, 5.74) is -0.818. The Morgan fingerprint density at radius 1 is 1.44 bits per heavy atom. The number of benzene rings is 1. The Labute approximate surface area is 115 Å². The molecule has 1 aromatic carbocycles. The van der Waals surface area contributed by atoms with Crippen molar-refractivity contribution in [1.29, 1.82) is 0 Å². The molecule has 100 valence electrons. The van der Waals surface area contributed by atoms with Crippen LogP contribution in [0.25, 0.3) is 0 Å². The Morgan fingerprint density at radius 2 is 2.06 bits per heavy atom. The van der Waals surface area contributed by atoms with Gasteiger partial charge in [-0.2, -0.15) is 0 Å². The summed E-state index contributed by atoms with van der Waals surface area (Å²) in [6.45, 7) is 0. The second-order valence-electron chi connectivity index (χ2n) is 3.70. The molecule has 1 N–H and O–H groups in total. The van der Waals surface area contributed by atoms with Crippen LogP contribution in [0.3, 0.4) is 0 Å². The van der Waals surface area contributed by atoms with Gasteiger partial charge in [0.25, 0.3) is 5.92 Å². The minimum absolute atomic E-state index is 0.0238. The standard InChI is InChI=1S/C11H9BrClF3O2/c12-7-5-9(14)6(4-8(7)13)11(15,16)3-1-2-10(17)18/h4-5H,1-3H2,(H,17,18). The highest BCUT2D eigenvalue weighted by Gasteiger charge is 2.34. The zero-order chi connectivity index (χ0) is 13.9. The van der Waals surface area contributed by atoms with Crippen molar-refractivity contribution in [3.8, 4) is 0 Å². The molecule has 1 aromatic rings. The molecule has 0 aliphatic rings. The maximum Gasteiger partial charge on any atom is 0.303 e. The molecule has 0 unspecified atom stereocenters. The smallest absolute Gasteiger partial charge is 0.303 e. The van der Waals surface area contributed by atoms with Crippen LogP contribution in [-0.2, 0) is 10.7 Å². The lowest BCUT2D eigenvalue weighted by Gasteiger charge is -2.17. The van der Waals surface area contributed by atoms with Gasteiger partial charge in [-0.25, -0.2) is 13.2 Å². The molecule has 0 aromatic heterocycles. The second-order valence-corrected chi connectivity index (χ2v) is 4.96. The summed E-state index contributed by atoms with van der Waals surface area (Å²) in [4.78, 5) is 10.2. The van der Waals surface area contributed by atoms with Gasteiger partial charge in [-0.1, -0.05) is 11.6 Å². The van der Waals surface area contributed by atoms with Crippen molar-refractivity contribution in [2.45, 2.75) is 25.2 Å². The Balaban J connectivity index is 2.90. The molecule has 0 aliphatic heterocycles. The van der Waals surface area contributed by atoms with E-state index in [1.54, 1.807) is 0 Å². The Kier molecular flexibility index (Phi) is 5.04. The molecule has 0 fully saturated rings. The third kappa shape index (κ3) is 3.88. The van der Waals surface area contributed by atoms with E-state index in [2.05, 4.69) is 15.9 Å². The van der Waals surface area contributed by atoms with Gasteiger partial charge in [0.05, 0.1) is 10.6 Å². The van der Waals surface area contributed by atoms with Crippen LogP contribution in [0.2, 0.25) is 5.02 Å². The molecule has 0 spiro atoms. The molecule has 7 heteroatoms. The molecule has 18 heavy (non-hydrogen) atoms. The monoisotopic (exact) mass is 344 g/mol. The number of hydrogen-bond donors (Lipinski definition) is 1. The fourth-order valence-electron chi connectivity index (χ4n) is 1.40. The van der Waals surface area contributed by atoms with Crippen molar-refractivity contribution < 1.29 is 23.1 Å². The van der Waals surface area contributed by atoms with E-state index in [1.165, 1.54) is 0 Å². The summed E-state index contributed by atoms with van der Waals surface area (Å²) in [7, 11) is 0. The molecule has 0 bridgehead atoms. The quantitative estimate of drug-likeness (QED) is 0.793. The SMILES string of the molecule is O=C(O)CCCC(F)(F)c1cc(Cl)c(Br)cc1F. The number of halogens is 5. The predicted molar refractivity (Wildman–Crippen MR) is 64.5 cm³/mol. The Bertz CT molecular complexity index is 466. The number of carboxylic acids is 1. The molecule has 0 saturated carbocycles. The van der Waals surface area contributed by atoms with Crippen molar-refractivity contribution in [2.75, 3.05) is 0 Å². The van der Waals surface area contributed by atoms with Gasteiger partial charge in [0, 0.05) is 17.3 Å². The van der Waals surface area contributed by atoms with E-state index in [4.69, 9.17) is 16.7 Å². The number of alkyl halides is 2. The van der Waals surface area contributed by atoms with Gasteiger partial charge in [0.2, 0.25) is 0 Å². The van der Waals surface area contributed by atoms with E-state index < -0.39 is 29.7 Å². The first-order valence-electron chi connectivity index (χ1n) is 4.98. The van der Waals surface area contributed by atoms with Crippen molar-refractivity contribution in [1.82, 2.24) is 0 Å². The van der Waals surface area contributed by atoms with E-state index in [9.17, 15) is 18.0 Å². The van der Waals surface area contributed by atoms with Crippen molar-refractivity contribution in [3.05, 3.63) is 33.0 Å². The van der Waals surface area contributed by atoms with E-state index >= 15 is 0 Å². The topological polar surface area (TPSA) is 37.3 Å². The van der Waals surface area contributed by atoms with Gasteiger partial charge in [-0.3, -0.25) is 4.79 Å². The molecule has 0 aliphatic carbocycles. The second kappa shape index (κ2) is 5.93. The maximum absolute atomic E-state index is 13.7. The van der Waals surface area contributed by atoms with Crippen LogP contribution >= 0.6 is 27.5 Å². The molecular formula is C11H9BrClF3O2. The lowest BCUT2D eigenvalue weighted by molar-refractivity contribution is -0.137. The van der Waals surface area contributed by atoms with E-state index in [0.29, 0.717) is 0 Å². The number of aliphatic carboxylic acids is 1. The molecule has 2 nitrogen and oxygen atoms in total. The summed E-state index contributed by atoms with van der Waals surface area (Å²) < 4.78 is 41.0. The summed E-state index contributed by atoms with van der Waals surface area (Å²) in [5, 5.41) is 8.35. The third-order valence-electron chi connectivity index (χ3n) is 2.29. The Hall–Kier alpha value is -0.750. The molecule has 0 amide bonds. The Morgan fingerprint density at radius 3 is 2.61 bits per heavy atom. The van der Waals surface area contributed by atoms with E-state index in [1.807, 2.05) is 0 Å². The van der Waals surface area contributed by atoms with Crippen molar-refractivity contribution >= 4 is 33.5 Å². The molecular weight excluding hydrogens is 336 g/mol. The van der Waals surface area contributed by atoms with Gasteiger partial charge < -0.3 is 5.11 Å². The fourth-order valence-corrected chi connectivity index (χ4v) is 1.88. The first-order chi connectivity index (χ1) is 8.24. The molecule has 0 radical (unpaired) electrons. The van der Waals surface area contributed by atoms with Gasteiger partial charge in [0.15, 0.2) is 0 Å². The van der Waals surface area contributed by atoms with Crippen LogP contribution < -0.4 is 0 Å². The number of hydrogen-bond acceptors (Lipinski definition) is 1. The average molecular weight is 346 g/mol. The molecule has 1 rings (SSSR count).